The Morgan fingerprint density at radius 2 is 1.80 bits per heavy atom. The largest absolute Gasteiger partial charge is 0.383 e. The van der Waals surface area contributed by atoms with Gasteiger partial charge in [0.05, 0.1) is 6.54 Å². The number of rotatable bonds is 5. The summed E-state index contributed by atoms with van der Waals surface area (Å²) in [6, 6.07) is -0.385. The number of carbonyl (C=O) groups is 2. The maximum atomic E-state index is 14.2. The van der Waals surface area contributed by atoms with Gasteiger partial charge in [-0.2, -0.15) is 8.78 Å². The van der Waals surface area contributed by atoms with Crippen molar-refractivity contribution >= 4 is 11.8 Å². The number of aliphatic hydroxyl groups is 1. The number of alkyl halides is 2. The van der Waals surface area contributed by atoms with Crippen LogP contribution in [0.25, 0.3) is 0 Å². The third-order valence-corrected chi connectivity index (χ3v) is 4.39. The van der Waals surface area contributed by atoms with Crippen molar-refractivity contribution < 1.29 is 23.5 Å². The topological polar surface area (TPSA) is 83.6 Å². The molecule has 0 aromatic rings. The molecule has 2 aliphatic rings. The number of nitrogens with zero attached hydrogens (tertiary/aromatic N) is 1. The van der Waals surface area contributed by atoms with Crippen LogP contribution in [0.1, 0.15) is 44.9 Å². The maximum Gasteiger partial charge on any atom is 0.352 e. The minimum Gasteiger partial charge on any atom is -0.383 e. The van der Waals surface area contributed by atoms with Gasteiger partial charge in [0.2, 0.25) is 5.91 Å². The van der Waals surface area contributed by atoms with E-state index in [-0.39, 0.29) is 18.9 Å². The highest BCUT2D eigenvalue weighted by atomic mass is 19.3. The van der Waals surface area contributed by atoms with Crippen molar-refractivity contribution in [3.8, 4) is 0 Å². The zero-order valence-electron chi connectivity index (χ0n) is 11.3. The average molecular weight is 290 g/mol. The Balaban J connectivity index is 2.18. The first-order valence-corrected chi connectivity index (χ1v) is 6.97. The van der Waals surface area contributed by atoms with Gasteiger partial charge in [-0.15, -0.1) is 0 Å². The third kappa shape index (κ3) is 2.51. The molecule has 0 spiro atoms. The second kappa shape index (κ2) is 5.27. The van der Waals surface area contributed by atoms with Crippen molar-refractivity contribution in [3.05, 3.63) is 0 Å². The highest BCUT2D eigenvalue weighted by Crippen LogP contribution is 2.45. The molecule has 2 fully saturated rings. The highest BCUT2D eigenvalue weighted by Gasteiger charge is 2.62. The van der Waals surface area contributed by atoms with Crippen LogP contribution in [0.2, 0.25) is 0 Å². The molecule has 7 heteroatoms. The summed E-state index contributed by atoms with van der Waals surface area (Å²) in [6.07, 6.45) is 3.13. The van der Waals surface area contributed by atoms with E-state index in [0.29, 0.717) is 19.3 Å². The van der Waals surface area contributed by atoms with E-state index in [4.69, 9.17) is 5.73 Å². The molecular weight excluding hydrogens is 270 g/mol. The number of hydrogen-bond donors (Lipinski definition) is 2. The summed E-state index contributed by atoms with van der Waals surface area (Å²) in [5.41, 5.74) is 2.79. The average Bonchev–Trinajstić information content (AvgIpc) is 2.85. The van der Waals surface area contributed by atoms with Crippen molar-refractivity contribution in [2.75, 3.05) is 6.54 Å². The zero-order chi connectivity index (χ0) is 15.0. The predicted molar refractivity (Wildman–Crippen MR) is 66.9 cm³/mol. The van der Waals surface area contributed by atoms with Crippen LogP contribution in [-0.2, 0) is 9.59 Å². The van der Waals surface area contributed by atoms with E-state index in [2.05, 4.69) is 0 Å². The van der Waals surface area contributed by atoms with Crippen molar-refractivity contribution in [2.45, 2.75) is 62.5 Å². The van der Waals surface area contributed by atoms with Gasteiger partial charge in [0.1, 0.15) is 5.60 Å². The minimum absolute atomic E-state index is 0.0964. The molecule has 3 N–H and O–H groups in total. The molecule has 2 amide bonds. The van der Waals surface area contributed by atoms with Crippen molar-refractivity contribution in [1.82, 2.24) is 4.90 Å². The number of carbonyl (C=O) groups excluding carboxylic acids is 2. The van der Waals surface area contributed by atoms with Gasteiger partial charge < -0.3 is 15.7 Å². The monoisotopic (exact) mass is 290 g/mol. The maximum absolute atomic E-state index is 14.2. The quantitative estimate of drug-likeness (QED) is 0.785. The Hall–Kier alpha value is -1.24. The van der Waals surface area contributed by atoms with Gasteiger partial charge in [0.25, 0.3) is 5.91 Å². The first-order valence-electron chi connectivity index (χ1n) is 6.97. The van der Waals surface area contributed by atoms with Crippen LogP contribution in [0.4, 0.5) is 8.78 Å². The van der Waals surface area contributed by atoms with E-state index in [1.54, 1.807) is 0 Å². The van der Waals surface area contributed by atoms with Crippen LogP contribution < -0.4 is 5.73 Å². The molecule has 0 atom stereocenters. The summed E-state index contributed by atoms with van der Waals surface area (Å²) < 4.78 is 28.4. The van der Waals surface area contributed by atoms with Gasteiger partial charge in [-0.05, 0) is 32.1 Å². The molecule has 0 bridgehead atoms. The minimum atomic E-state index is -3.86. The Morgan fingerprint density at radius 1 is 1.25 bits per heavy atom. The second-order valence-corrected chi connectivity index (χ2v) is 5.80. The Bertz CT molecular complexity index is 404. The fourth-order valence-electron chi connectivity index (χ4n) is 2.96. The third-order valence-electron chi connectivity index (χ3n) is 4.39. The second-order valence-electron chi connectivity index (χ2n) is 5.80. The van der Waals surface area contributed by atoms with Gasteiger partial charge in [-0.25, -0.2) is 0 Å². The SMILES string of the molecule is NC(=O)CN(C(=O)C(F)(F)C1(O)CCC1)C1CCCC1. The van der Waals surface area contributed by atoms with Crippen LogP contribution >= 0.6 is 0 Å². The van der Waals surface area contributed by atoms with Gasteiger partial charge in [-0.3, -0.25) is 9.59 Å². The number of primary amides is 1. The first kappa shape index (κ1) is 15.2. The van der Waals surface area contributed by atoms with Crippen LogP contribution in [0.3, 0.4) is 0 Å². The van der Waals surface area contributed by atoms with Gasteiger partial charge >= 0.3 is 5.92 Å². The lowest BCUT2D eigenvalue weighted by Gasteiger charge is -2.44. The summed E-state index contributed by atoms with van der Waals surface area (Å²) in [6.45, 7) is -0.519. The Morgan fingerprint density at radius 3 is 2.20 bits per heavy atom. The number of nitrogens with two attached hydrogens (primary N) is 1. The Kier molecular flexibility index (Phi) is 4.00. The molecule has 20 heavy (non-hydrogen) atoms. The predicted octanol–water partition coefficient (Wildman–Crippen LogP) is 0.793. The normalized spacial score (nSPS) is 22.4. The number of halogens is 2. The van der Waals surface area contributed by atoms with Crippen LogP contribution in [0, 0.1) is 0 Å². The molecule has 0 saturated heterocycles. The van der Waals surface area contributed by atoms with E-state index in [0.717, 1.165) is 17.7 Å². The van der Waals surface area contributed by atoms with E-state index >= 15 is 0 Å². The standard InChI is InChI=1S/C13H20F2N2O3/c14-13(15,12(20)6-3-7-12)11(19)17(8-10(16)18)9-4-1-2-5-9/h9,20H,1-8H2,(H2,16,18). The summed E-state index contributed by atoms with van der Waals surface area (Å²) in [4.78, 5) is 24.1. The number of amides is 2. The lowest BCUT2D eigenvalue weighted by atomic mass is 9.75. The van der Waals surface area contributed by atoms with Crippen LogP contribution in [0.15, 0.2) is 0 Å². The molecule has 0 unspecified atom stereocenters. The molecule has 2 rings (SSSR count). The molecule has 0 heterocycles. The fraction of sp³-hybridized carbons (Fsp3) is 0.846. The van der Waals surface area contributed by atoms with E-state index in [1.807, 2.05) is 0 Å². The van der Waals surface area contributed by atoms with Crippen LogP contribution in [0.5, 0.6) is 0 Å². The highest BCUT2D eigenvalue weighted by molar-refractivity contribution is 5.89. The lowest BCUT2D eigenvalue weighted by Crippen LogP contribution is -2.63. The fourth-order valence-corrected chi connectivity index (χ4v) is 2.96. The molecule has 114 valence electrons. The number of hydrogen-bond acceptors (Lipinski definition) is 3. The van der Waals surface area contributed by atoms with Crippen molar-refractivity contribution in [2.24, 2.45) is 5.73 Å². The van der Waals surface area contributed by atoms with E-state index in [1.165, 1.54) is 0 Å². The van der Waals surface area contributed by atoms with Gasteiger partial charge in [0, 0.05) is 6.04 Å². The van der Waals surface area contributed by atoms with Crippen LogP contribution in [-0.4, -0.2) is 45.9 Å². The Labute approximate surface area is 116 Å². The first-order chi connectivity index (χ1) is 9.28. The summed E-state index contributed by atoms with van der Waals surface area (Å²) in [7, 11) is 0. The molecule has 2 aliphatic carbocycles. The molecule has 0 aromatic carbocycles. The smallest absolute Gasteiger partial charge is 0.352 e. The van der Waals surface area contributed by atoms with E-state index < -0.39 is 29.9 Å². The van der Waals surface area contributed by atoms with Gasteiger partial charge in [-0.1, -0.05) is 12.8 Å². The summed E-state index contributed by atoms with van der Waals surface area (Å²) in [5, 5.41) is 9.82. The molecule has 5 nitrogen and oxygen atoms in total. The lowest BCUT2D eigenvalue weighted by molar-refractivity contribution is -0.224. The summed E-state index contributed by atoms with van der Waals surface area (Å²) in [5.74, 6) is -6.14. The van der Waals surface area contributed by atoms with Crippen molar-refractivity contribution in [1.29, 1.82) is 0 Å². The van der Waals surface area contributed by atoms with Gasteiger partial charge in [0.15, 0.2) is 0 Å². The zero-order valence-corrected chi connectivity index (χ0v) is 11.3. The molecule has 0 aromatic heterocycles. The molecule has 0 radical (unpaired) electrons. The molecular formula is C13H20F2N2O3. The van der Waals surface area contributed by atoms with E-state index in [9.17, 15) is 23.5 Å². The summed E-state index contributed by atoms with van der Waals surface area (Å²) >= 11 is 0. The molecule has 2 saturated carbocycles. The molecule has 0 aliphatic heterocycles. The van der Waals surface area contributed by atoms with Crippen molar-refractivity contribution in [3.63, 3.8) is 0 Å².